The summed E-state index contributed by atoms with van der Waals surface area (Å²) >= 11 is 5.89. The van der Waals surface area contributed by atoms with Gasteiger partial charge in [0, 0.05) is 30.2 Å². The highest BCUT2D eigenvalue weighted by Crippen LogP contribution is 2.22. The standard InChI is InChI=1S/C17H18ClN3O4S/c1-11(15-10-13(18)7-8-16(15)22)19-20-17(23)12-5-4-6-14(9-12)26(24,25)21(2)3/h4-10,22H,1-3H3,(H,20,23)/b19-11-. The van der Waals surface area contributed by atoms with Gasteiger partial charge in [-0.25, -0.2) is 18.1 Å². The van der Waals surface area contributed by atoms with Crippen LogP contribution >= 0.6 is 11.6 Å². The summed E-state index contributed by atoms with van der Waals surface area (Å²) in [6, 6.07) is 10.1. The molecule has 2 rings (SSSR count). The minimum atomic E-state index is -3.65. The number of amides is 1. The van der Waals surface area contributed by atoms with Crippen molar-refractivity contribution in [2.24, 2.45) is 5.10 Å². The lowest BCUT2D eigenvalue weighted by Gasteiger charge is -2.12. The number of benzene rings is 2. The first-order valence-corrected chi connectivity index (χ1v) is 9.31. The van der Waals surface area contributed by atoms with E-state index in [0.29, 0.717) is 16.3 Å². The van der Waals surface area contributed by atoms with E-state index in [4.69, 9.17) is 11.6 Å². The van der Waals surface area contributed by atoms with E-state index in [1.807, 2.05) is 0 Å². The second-order valence-electron chi connectivity index (χ2n) is 5.61. The summed E-state index contributed by atoms with van der Waals surface area (Å²) < 4.78 is 25.4. The lowest BCUT2D eigenvalue weighted by atomic mass is 10.1. The Morgan fingerprint density at radius 3 is 2.54 bits per heavy atom. The minimum Gasteiger partial charge on any atom is -0.507 e. The molecule has 0 heterocycles. The maximum atomic E-state index is 12.3. The average molecular weight is 396 g/mol. The summed E-state index contributed by atoms with van der Waals surface area (Å²) in [5.41, 5.74) is 3.20. The highest BCUT2D eigenvalue weighted by molar-refractivity contribution is 7.89. The number of hydrazone groups is 1. The molecule has 1 amide bonds. The third-order valence-electron chi connectivity index (χ3n) is 3.55. The zero-order valence-electron chi connectivity index (χ0n) is 14.4. The topological polar surface area (TPSA) is 99.1 Å². The number of carbonyl (C=O) groups is 1. The molecule has 0 radical (unpaired) electrons. The molecule has 0 aliphatic heterocycles. The Kier molecular flexibility index (Phi) is 6.01. The van der Waals surface area contributed by atoms with E-state index in [2.05, 4.69) is 10.5 Å². The number of rotatable bonds is 5. The zero-order valence-corrected chi connectivity index (χ0v) is 16.0. The highest BCUT2D eigenvalue weighted by Gasteiger charge is 2.18. The van der Waals surface area contributed by atoms with E-state index in [0.717, 1.165) is 4.31 Å². The second-order valence-corrected chi connectivity index (χ2v) is 8.20. The van der Waals surface area contributed by atoms with Gasteiger partial charge in [0.25, 0.3) is 5.91 Å². The number of sulfonamides is 1. The van der Waals surface area contributed by atoms with Crippen LogP contribution in [0.2, 0.25) is 5.02 Å². The first-order valence-electron chi connectivity index (χ1n) is 7.49. The van der Waals surface area contributed by atoms with Crippen molar-refractivity contribution in [1.29, 1.82) is 0 Å². The lowest BCUT2D eigenvalue weighted by molar-refractivity contribution is 0.0954. The number of halogens is 1. The van der Waals surface area contributed by atoms with Crippen LogP contribution < -0.4 is 5.43 Å². The van der Waals surface area contributed by atoms with E-state index >= 15 is 0 Å². The number of hydrogen-bond donors (Lipinski definition) is 2. The summed E-state index contributed by atoms with van der Waals surface area (Å²) in [5.74, 6) is -0.606. The van der Waals surface area contributed by atoms with Crippen LogP contribution in [0.5, 0.6) is 5.75 Å². The Morgan fingerprint density at radius 2 is 1.88 bits per heavy atom. The Morgan fingerprint density at radius 1 is 1.19 bits per heavy atom. The molecule has 2 aromatic rings. The van der Waals surface area contributed by atoms with Gasteiger partial charge in [-0.1, -0.05) is 17.7 Å². The van der Waals surface area contributed by atoms with Crippen LogP contribution in [0.25, 0.3) is 0 Å². The Balaban J connectivity index is 2.24. The molecule has 9 heteroatoms. The largest absolute Gasteiger partial charge is 0.507 e. The van der Waals surface area contributed by atoms with Crippen LogP contribution in [-0.4, -0.2) is 43.5 Å². The van der Waals surface area contributed by atoms with Crippen molar-refractivity contribution in [3.63, 3.8) is 0 Å². The van der Waals surface area contributed by atoms with Crippen LogP contribution in [-0.2, 0) is 10.0 Å². The second kappa shape index (κ2) is 7.86. The summed E-state index contributed by atoms with van der Waals surface area (Å²) in [5, 5.41) is 14.2. The monoisotopic (exact) mass is 395 g/mol. The summed E-state index contributed by atoms with van der Waals surface area (Å²) in [6.07, 6.45) is 0. The number of phenols is 1. The normalized spacial score (nSPS) is 12.3. The first-order chi connectivity index (χ1) is 12.1. The molecule has 26 heavy (non-hydrogen) atoms. The van der Waals surface area contributed by atoms with Crippen LogP contribution in [0.1, 0.15) is 22.8 Å². The van der Waals surface area contributed by atoms with Crippen molar-refractivity contribution in [1.82, 2.24) is 9.73 Å². The highest BCUT2D eigenvalue weighted by atomic mass is 35.5. The Labute approximate surface area is 157 Å². The number of nitrogens with zero attached hydrogens (tertiary/aromatic N) is 2. The molecule has 0 aliphatic carbocycles. The van der Waals surface area contributed by atoms with Gasteiger partial charge in [-0.2, -0.15) is 5.10 Å². The van der Waals surface area contributed by atoms with E-state index in [1.165, 1.54) is 56.6 Å². The molecule has 2 N–H and O–H groups in total. The van der Waals surface area contributed by atoms with Crippen molar-refractivity contribution < 1.29 is 18.3 Å². The predicted molar refractivity (Wildman–Crippen MR) is 100 cm³/mol. The summed E-state index contributed by atoms with van der Waals surface area (Å²) in [6.45, 7) is 1.60. The fourth-order valence-electron chi connectivity index (χ4n) is 2.07. The van der Waals surface area contributed by atoms with Crippen molar-refractivity contribution >= 4 is 33.2 Å². The average Bonchev–Trinajstić information content (AvgIpc) is 2.61. The molecular weight excluding hydrogens is 378 g/mol. The smallest absolute Gasteiger partial charge is 0.271 e. The van der Waals surface area contributed by atoms with Gasteiger partial charge in [0.15, 0.2) is 0 Å². The summed E-state index contributed by atoms with van der Waals surface area (Å²) in [4.78, 5) is 12.3. The van der Waals surface area contributed by atoms with Crippen LogP contribution in [0.15, 0.2) is 52.5 Å². The third kappa shape index (κ3) is 4.40. The van der Waals surface area contributed by atoms with Gasteiger partial charge in [0.1, 0.15) is 5.75 Å². The fraction of sp³-hybridized carbons (Fsp3) is 0.176. The van der Waals surface area contributed by atoms with Gasteiger partial charge < -0.3 is 5.11 Å². The molecular formula is C17H18ClN3O4S. The number of nitrogens with one attached hydrogen (secondary N) is 1. The van der Waals surface area contributed by atoms with Gasteiger partial charge in [-0.3, -0.25) is 4.79 Å². The number of phenolic OH excluding ortho intramolecular Hbond substituents is 1. The molecule has 0 saturated heterocycles. The van der Waals surface area contributed by atoms with E-state index < -0.39 is 15.9 Å². The van der Waals surface area contributed by atoms with Gasteiger partial charge in [0.05, 0.1) is 10.6 Å². The fourth-order valence-corrected chi connectivity index (χ4v) is 3.19. The molecule has 7 nitrogen and oxygen atoms in total. The van der Waals surface area contributed by atoms with Gasteiger partial charge in [0.2, 0.25) is 10.0 Å². The number of aromatic hydroxyl groups is 1. The van der Waals surface area contributed by atoms with Gasteiger partial charge in [-0.05, 0) is 43.3 Å². The number of carbonyl (C=O) groups excluding carboxylic acids is 1. The summed E-state index contributed by atoms with van der Waals surface area (Å²) in [7, 11) is -0.828. The first kappa shape index (κ1) is 19.9. The van der Waals surface area contributed by atoms with Crippen molar-refractivity contribution in [2.75, 3.05) is 14.1 Å². The van der Waals surface area contributed by atoms with E-state index in [9.17, 15) is 18.3 Å². The SMILES string of the molecule is C/C(=N/NC(=O)c1cccc(S(=O)(=O)N(C)C)c1)c1cc(Cl)ccc1O. The number of hydrogen-bond acceptors (Lipinski definition) is 5. The molecule has 0 aromatic heterocycles. The molecule has 0 bridgehead atoms. The van der Waals surface area contributed by atoms with E-state index in [-0.39, 0.29) is 16.2 Å². The molecule has 0 saturated carbocycles. The zero-order chi connectivity index (χ0) is 19.5. The lowest BCUT2D eigenvalue weighted by Crippen LogP contribution is -2.23. The predicted octanol–water partition coefficient (Wildman–Crippen LogP) is 2.45. The van der Waals surface area contributed by atoms with Gasteiger partial charge >= 0.3 is 0 Å². The van der Waals surface area contributed by atoms with Crippen molar-refractivity contribution in [2.45, 2.75) is 11.8 Å². The molecule has 138 valence electrons. The maximum absolute atomic E-state index is 12.3. The quantitative estimate of drug-likeness (QED) is 0.600. The Hall–Kier alpha value is -2.42. The van der Waals surface area contributed by atoms with Crippen LogP contribution in [0, 0.1) is 0 Å². The maximum Gasteiger partial charge on any atom is 0.271 e. The molecule has 0 fully saturated rings. The molecule has 2 aromatic carbocycles. The van der Waals surface area contributed by atoms with Crippen molar-refractivity contribution in [3.8, 4) is 5.75 Å². The van der Waals surface area contributed by atoms with Crippen LogP contribution in [0.3, 0.4) is 0 Å². The Bertz CT molecular complexity index is 972. The molecule has 0 unspecified atom stereocenters. The molecule has 0 atom stereocenters. The van der Waals surface area contributed by atoms with Crippen molar-refractivity contribution in [3.05, 3.63) is 58.6 Å². The minimum absolute atomic E-state index is 0.00309. The van der Waals surface area contributed by atoms with E-state index in [1.54, 1.807) is 6.92 Å². The molecule has 0 aliphatic rings. The molecule has 0 spiro atoms. The van der Waals surface area contributed by atoms with Gasteiger partial charge in [-0.15, -0.1) is 0 Å². The third-order valence-corrected chi connectivity index (χ3v) is 5.59. The van der Waals surface area contributed by atoms with Crippen LogP contribution in [0.4, 0.5) is 0 Å².